The van der Waals surface area contributed by atoms with E-state index in [1.165, 1.54) is 23.0 Å². The van der Waals surface area contributed by atoms with Crippen molar-refractivity contribution in [3.8, 4) is 11.4 Å². The molecule has 3 rings (SSSR count). The molecule has 0 saturated carbocycles. The smallest absolute Gasteiger partial charge is 0.406 e. The minimum Gasteiger partial charge on any atom is -0.406 e. The lowest BCUT2D eigenvalue weighted by Gasteiger charge is -2.12. The van der Waals surface area contributed by atoms with Gasteiger partial charge in [-0.25, -0.2) is 9.78 Å². The number of alkyl halides is 3. The largest absolute Gasteiger partial charge is 0.573 e. The van der Waals surface area contributed by atoms with E-state index in [0.717, 1.165) is 12.1 Å². The summed E-state index contributed by atoms with van der Waals surface area (Å²) in [7, 11) is 0. The molecule has 156 valence electrons. The highest BCUT2D eigenvalue weighted by molar-refractivity contribution is 6.00. The molecule has 0 aliphatic rings. The number of nitrogens with two attached hydrogens (primary N) is 2. The number of primary amides is 1. The topological polar surface area (TPSA) is 137 Å². The van der Waals surface area contributed by atoms with E-state index in [9.17, 15) is 22.8 Å². The number of hydrogen-bond acceptors (Lipinski definition) is 5. The number of carbonyl (C=O) groups excluding carboxylic acids is 2. The van der Waals surface area contributed by atoms with Crippen molar-refractivity contribution in [2.75, 3.05) is 16.4 Å². The highest BCUT2D eigenvalue weighted by Gasteiger charge is 2.31. The van der Waals surface area contributed by atoms with Crippen molar-refractivity contribution in [2.24, 2.45) is 5.73 Å². The van der Waals surface area contributed by atoms with E-state index in [2.05, 4.69) is 20.4 Å². The van der Waals surface area contributed by atoms with Gasteiger partial charge in [0.05, 0.1) is 0 Å². The average molecular weight is 420 g/mol. The minimum atomic E-state index is -4.83. The number of nitrogens with zero attached hydrogens (tertiary/aromatic N) is 2. The van der Waals surface area contributed by atoms with Gasteiger partial charge in [-0.15, -0.1) is 13.2 Å². The molecule has 30 heavy (non-hydrogen) atoms. The van der Waals surface area contributed by atoms with E-state index in [4.69, 9.17) is 11.5 Å². The molecule has 9 nitrogen and oxygen atoms in total. The van der Waals surface area contributed by atoms with Crippen LogP contribution < -0.4 is 26.8 Å². The molecule has 0 aliphatic carbocycles. The fraction of sp³-hybridized carbons (Fsp3) is 0.0556. The molecule has 3 aromatic rings. The van der Waals surface area contributed by atoms with Crippen LogP contribution in [-0.2, 0) is 0 Å². The standard InChI is InChI=1S/C18H15F3N6O3/c19-18(20,21)30-13-3-1-2-11(8-13)26-17(29)25-10-4-6-12(7-5-10)27-9-24-14(15(27)22)16(23)28/h1-9H,22H2,(H2,23,28)(H2,25,26,29). The van der Waals surface area contributed by atoms with E-state index in [0.29, 0.717) is 11.4 Å². The van der Waals surface area contributed by atoms with Gasteiger partial charge in [-0.3, -0.25) is 9.36 Å². The fourth-order valence-electron chi connectivity index (χ4n) is 2.52. The number of nitrogen functional groups attached to an aromatic ring is 1. The lowest BCUT2D eigenvalue weighted by molar-refractivity contribution is -0.274. The molecular weight excluding hydrogens is 405 g/mol. The highest BCUT2D eigenvalue weighted by Crippen LogP contribution is 2.25. The Kier molecular flexibility index (Phi) is 5.49. The van der Waals surface area contributed by atoms with Crippen molar-refractivity contribution in [2.45, 2.75) is 6.36 Å². The Morgan fingerprint density at radius 3 is 2.30 bits per heavy atom. The van der Waals surface area contributed by atoms with Crippen molar-refractivity contribution in [3.63, 3.8) is 0 Å². The molecule has 0 aliphatic heterocycles. The summed E-state index contributed by atoms with van der Waals surface area (Å²) in [6, 6.07) is 10.5. The zero-order valence-corrected chi connectivity index (χ0v) is 15.1. The van der Waals surface area contributed by atoms with Gasteiger partial charge in [-0.05, 0) is 36.4 Å². The first-order valence-electron chi connectivity index (χ1n) is 8.29. The number of aromatic nitrogens is 2. The molecule has 0 unspecified atom stereocenters. The normalized spacial score (nSPS) is 11.0. The Bertz CT molecular complexity index is 1080. The molecule has 2 aromatic carbocycles. The van der Waals surface area contributed by atoms with E-state index in [1.54, 1.807) is 24.3 Å². The predicted molar refractivity (Wildman–Crippen MR) is 102 cm³/mol. The van der Waals surface area contributed by atoms with Gasteiger partial charge in [0.2, 0.25) is 0 Å². The van der Waals surface area contributed by atoms with Gasteiger partial charge in [-0.2, -0.15) is 0 Å². The Balaban J connectivity index is 1.65. The average Bonchev–Trinajstić information content (AvgIpc) is 3.03. The maximum absolute atomic E-state index is 12.3. The number of amides is 3. The first kappa shape index (κ1) is 20.5. The maximum Gasteiger partial charge on any atom is 0.573 e. The van der Waals surface area contributed by atoms with Crippen LogP contribution in [0.4, 0.5) is 35.2 Å². The molecular formula is C18H15F3N6O3. The first-order valence-corrected chi connectivity index (χ1v) is 8.29. The van der Waals surface area contributed by atoms with Crippen LogP contribution in [0.25, 0.3) is 5.69 Å². The monoisotopic (exact) mass is 420 g/mol. The van der Waals surface area contributed by atoms with Crippen molar-refractivity contribution in [3.05, 3.63) is 60.6 Å². The Morgan fingerprint density at radius 1 is 1.03 bits per heavy atom. The number of halogens is 3. The maximum atomic E-state index is 12.3. The fourth-order valence-corrected chi connectivity index (χ4v) is 2.52. The zero-order chi connectivity index (χ0) is 21.9. The van der Waals surface area contributed by atoms with Crippen LogP contribution in [0.5, 0.6) is 5.75 Å². The van der Waals surface area contributed by atoms with Crippen molar-refractivity contribution in [1.82, 2.24) is 9.55 Å². The number of urea groups is 1. The van der Waals surface area contributed by atoms with Crippen LogP contribution >= 0.6 is 0 Å². The third-order valence-corrected chi connectivity index (χ3v) is 3.77. The minimum absolute atomic E-state index is 0.0617. The second-order valence-electron chi connectivity index (χ2n) is 5.91. The van der Waals surface area contributed by atoms with E-state index < -0.39 is 24.1 Å². The molecule has 0 bridgehead atoms. The molecule has 0 fully saturated rings. The molecule has 0 radical (unpaired) electrons. The summed E-state index contributed by atoms with van der Waals surface area (Å²) in [6.07, 6.45) is -3.50. The van der Waals surface area contributed by atoms with E-state index in [1.807, 2.05) is 0 Å². The zero-order valence-electron chi connectivity index (χ0n) is 15.1. The Labute approximate surface area is 167 Å². The van der Waals surface area contributed by atoms with Crippen molar-refractivity contribution < 1.29 is 27.5 Å². The van der Waals surface area contributed by atoms with Gasteiger partial charge in [0, 0.05) is 23.1 Å². The number of hydrogen-bond donors (Lipinski definition) is 4. The number of ether oxygens (including phenoxy) is 1. The molecule has 12 heteroatoms. The van der Waals surface area contributed by atoms with Crippen molar-refractivity contribution >= 4 is 29.1 Å². The number of imidazole rings is 1. The van der Waals surface area contributed by atoms with Gasteiger partial charge in [0.25, 0.3) is 5.91 Å². The predicted octanol–water partition coefficient (Wildman–Crippen LogP) is 3.10. The van der Waals surface area contributed by atoms with Crippen LogP contribution in [0.1, 0.15) is 10.5 Å². The number of nitrogens with one attached hydrogen (secondary N) is 2. The lowest BCUT2D eigenvalue weighted by Crippen LogP contribution is -2.20. The quantitative estimate of drug-likeness (QED) is 0.503. The number of anilines is 3. The SMILES string of the molecule is NC(=O)c1ncn(-c2ccc(NC(=O)Nc3cccc(OC(F)(F)F)c3)cc2)c1N. The molecule has 0 saturated heterocycles. The van der Waals surface area contributed by atoms with E-state index >= 15 is 0 Å². The first-order chi connectivity index (χ1) is 14.1. The van der Waals surface area contributed by atoms with Crippen LogP contribution in [0.15, 0.2) is 54.9 Å². The third kappa shape index (κ3) is 4.98. The lowest BCUT2D eigenvalue weighted by atomic mass is 10.2. The second kappa shape index (κ2) is 8.03. The molecule has 6 N–H and O–H groups in total. The summed E-state index contributed by atoms with van der Waals surface area (Å²) in [4.78, 5) is 27.2. The van der Waals surface area contributed by atoms with Crippen molar-refractivity contribution in [1.29, 1.82) is 0 Å². The number of benzene rings is 2. The van der Waals surface area contributed by atoms with Gasteiger partial charge in [0.1, 0.15) is 17.9 Å². The molecule has 1 aromatic heterocycles. The molecule has 1 heterocycles. The summed E-state index contributed by atoms with van der Waals surface area (Å²) >= 11 is 0. The van der Waals surface area contributed by atoms with Crippen LogP contribution in [0, 0.1) is 0 Å². The molecule has 3 amide bonds. The molecule has 0 spiro atoms. The summed E-state index contributed by atoms with van der Waals surface area (Å²) in [6.45, 7) is 0. The van der Waals surface area contributed by atoms with Crippen LogP contribution in [0.3, 0.4) is 0 Å². The summed E-state index contributed by atoms with van der Waals surface area (Å²) in [5.74, 6) is -1.15. The van der Waals surface area contributed by atoms with Gasteiger partial charge < -0.3 is 26.8 Å². The van der Waals surface area contributed by atoms with Crippen LogP contribution in [-0.4, -0.2) is 27.9 Å². The second-order valence-corrected chi connectivity index (χ2v) is 5.91. The van der Waals surface area contributed by atoms with E-state index in [-0.39, 0.29) is 17.2 Å². The van der Waals surface area contributed by atoms with Gasteiger partial charge in [0.15, 0.2) is 5.69 Å². The van der Waals surface area contributed by atoms with Gasteiger partial charge in [-0.1, -0.05) is 6.07 Å². The van der Waals surface area contributed by atoms with Gasteiger partial charge >= 0.3 is 12.4 Å². The number of carbonyl (C=O) groups is 2. The Morgan fingerprint density at radius 2 is 1.70 bits per heavy atom. The molecule has 0 atom stereocenters. The third-order valence-electron chi connectivity index (χ3n) is 3.77. The highest BCUT2D eigenvalue weighted by atomic mass is 19.4. The number of rotatable bonds is 5. The summed E-state index contributed by atoms with van der Waals surface area (Å²) < 4.78 is 42.1. The summed E-state index contributed by atoms with van der Waals surface area (Å²) in [5.41, 5.74) is 12.0. The Hall–Kier alpha value is -4.22. The summed E-state index contributed by atoms with van der Waals surface area (Å²) in [5, 5.41) is 4.94. The van der Waals surface area contributed by atoms with Crippen LogP contribution in [0.2, 0.25) is 0 Å².